The lowest BCUT2D eigenvalue weighted by molar-refractivity contribution is -0.113. The van der Waals surface area contributed by atoms with Crippen LogP contribution in [0.3, 0.4) is 0 Å². The summed E-state index contributed by atoms with van der Waals surface area (Å²) in [5.74, 6) is 0.466. The number of nitrogens with zero attached hydrogens (tertiary/aromatic N) is 2. The Balaban J connectivity index is 1.64. The fourth-order valence-corrected chi connectivity index (χ4v) is 5.18. The van der Waals surface area contributed by atoms with Gasteiger partial charge in [-0.05, 0) is 48.4 Å². The second kappa shape index (κ2) is 9.56. The van der Waals surface area contributed by atoms with Crippen molar-refractivity contribution in [3.8, 4) is 5.75 Å². The molecule has 7 heteroatoms. The van der Waals surface area contributed by atoms with Crippen molar-refractivity contribution in [3.05, 3.63) is 127 Å². The first-order chi connectivity index (χ1) is 17.0. The molecule has 6 nitrogen and oxygen atoms in total. The van der Waals surface area contributed by atoms with Crippen LogP contribution in [0.25, 0.3) is 6.08 Å². The van der Waals surface area contributed by atoms with E-state index in [9.17, 15) is 9.59 Å². The number of hydrogen-bond acceptors (Lipinski definition) is 5. The van der Waals surface area contributed by atoms with Gasteiger partial charge in [0.2, 0.25) is 0 Å². The largest absolute Gasteiger partial charge is 0.497 e. The Hall–Kier alpha value is -4.23. The summed E-state index contributed by atoms with van der Waals surface area (Å²) < 4.78 is 7.40. The number of rotatable bonds is 5. The van der Waals surface area contributed by atoms with E-state index in [4.69, 9.17) is 4.74 Å². The monoisotopic (exact) mass is 481 g/mol. The molecule has 0 saturated heterocycles. The SMILES string of the molecule is COc1ccc(/C=c2/sc3n(c2=O)[C@@H](c2ccccc2)C(C(=O)Nc2ccccc2)=C(C)N=3)cc1. The van der Waals surface area contributed by atoms with Gasteiger partial charge in [-0.15, -0.1) is 0 Å². The first-order valence-electron chi connectivity index (χ1n) is 11.1. The number of aromatic nitrogens is 1. The molecule has 1 aliphatic rings. The number of carbonyl (C=O) groups is 1. The van der Waals surface area contributed by atoms with E-state index in [1.54, 1.807) is 11.7 Å². The zero-order valence-electron chi connectivity index (χ0n) is 19.3. The second-order valence-corrected chi connectivity index (χ2v) is 9.09. The molecule has 174 valence electrons. The Morgan fingerprint density at radius 3 is 2.31 bits per heavy atom. The van der Waals surface area contributed by atoms with Gasteiger partial charge in [-0.1, -0.05) is 72.0 Å². The van der Waals surface area contributed by atoms with E-state index < -0.39 is 6.04 Å². The Morgan fingerprint density at radius 2 is 1.66 bits per heavy atom. The van der Waals surface area contributed by atoms with Crippen LogP contribution < -0.4 is 24.9 Å². The number of thiazole rings is 1. The van der Waals surface area contributed by atoms with Crippen LogP contribution in [-0.4, -0.2) is 17.6 Å². The topological polar surface area (TPSA) is 72.7 Å². The summed E-state index contributed by atoms with van der Waals surface area (Å²) in [5.41, 5.74) is 3.26. The van der Waals surface area contributed by atoms with Crippen LogP contribution in [0.1, 0.15) is 24.1 Å². The lowest BCUT2D eigenvalue weighted by atomic mass is 9.95. The highest BCUT2D eigenvalue weighted by molar-refractivity contribution is 7.07. The number of hydrogen-bond donors (Lipinski definition) is 1. The van der Waals surface area contributed by atoms with E-state index in [0.29, 0.717) is 26.3 Å². The Bertz CT molecular complexity index is 1590. The van der Waals surface area contributed by atoms with Crippen molar-refractivity contribution in [1.29, 1.82) is 0 Å². The van der Waals surface area contributed by atoms with Gasteiger partial charge in [0.1, 0.15) is 5.75 Å². The van der Waals surface area contributed by atoms with Gasteiger partial charge in [0.25, 0.3) is 11.5 Å². The Labute approximate surface area is 206 Å². The predicted octanol–water partition coefficient (Wildman–Crippen LogP) is 3.88. The minimum Gasteiger partial charge on any atom is -0.497 e. The number of benzene rings is 3. The van der Waals surface area contributed by atoms with Gasteiger partial charge < -0.3 is 10.1 Å². The number of para-hydroxylation sites is 1. The van der Waals surface area contributed by atoms with Gasteiger partial charge in [-0.2, -0.15) is 0 Å². The van der Waals surface area contributed by atoms with Gasteiger partial charge in [-0.3, -0.25) is 14.2 Å². The third kappa shape index (κ3) is 4.46. The predicted molar refractivity (Wildman–Crippen MR) is 138 cm³/mol. The number of nitrogens with one attached hydrogen (secondary N) is 1. The number of anilines is 1. The van der Waals surface area contributed by atoms with Crippen molar-refractivity contribution < 1.29 is 9.53 Å². The summed E-state index contributed by atoms with van der Waals surface area (Å²) in [4.78, 5) is 32.4. The van der Waals surface area contributed by atoms with Crippen LogP contribution >= 0.6 is 11.3 Å². The van der Waals surface area contributed by atoms with Crippen molar-refractivity contribution in [3.63, 3.8) is 0 Å². The Kier molecular flexibility index (Phi) is 6.16. The summed E-state index contributed by atoms with van der Waals surface area (Å²) in [6, 6.07) is 25.8. The van der Waals surface area contributed by atoms with E-state index in [1.807, 2.05) is 97.9 Å². The molecule has 1 amide bonds. The molecule has 0 spiro atoms. The quantitative estimate of drug-likeness (QED) is 0.470. The molecule has 0 unspecified atom stereocenters. The molecule has 1 atom stereocenters. The molecular formula is C28H23N3O3S. The highest BCUT2D eigenvalue weighted by Crippen LogP contribution is 2.30. The summed E-state index contributed by atoms with van der Waals surface area (Å²) >= 11 is 1.32. The molecule has 0 aliphatic carbocycles. The fraction of sp³-hybridized carbons (Fsp3) is 0.107. The number of ether oxygens (including phenoxy) is 1. The van der Waals surface area contributed by atoms with E-state index in [-0.39, 0.29) is 11.5 Å². The summed E-state index contributed by atoms with van der Waals surface area (Å²) in [6.45, 7) is 1.82. The maximum atomic E-state index is 13.7. The third-order valence-electron chi connectivity index (χ3n) is 5.83. The number of carbonyl (C=O) groups excluding carboxylic acids is 1. The van der Waals surface area contributed by atoms with E-state index >= 15 is 0 Å². The molecule has 1 N–H and O–H groups in total. The summed E-state index contributed by atoms with van der Waals surface area (Å²) in [5, 5.41) is 2.96. The van der Waals surface area contributed by atoms with Crippen LogP contribution in [-0.2, 0) is 4.79 Å². The van der Waals surface area contributed by atoms with Gasteiger partial charge >= 0.3 is 0 Å². The first kappa shape index (κ1) is 22.6. The molecule has 0 saturated carbocycles. The van der Waals surface area contributed by atoms with E-state index in [1.165, 1.54) is 11.3 Å². The second-order valence-electron chi connectivity index (χ2n) is 8.09. The maximum absolute atomic E-state index is 13.7. The smallest absolute Gasteiger partial charge is 0.271 e. The molecule has 0 radical (unpaired) electrons. The van der Waals surface area contributed by atoms with Crippen molar-refractivity contribution >= 4 is 29.0 Å². The lowest BCUT2D eigenvalue weighted by Gasteiger charge is -2.25. The lowest BCUT2D eigenvalue weighted by Crippen LogP contribution is -2.40. The average molecular weight is 482 g/mol. The zero-order valence-corrected chi connectivity index (χ0v) is 20.1. The van der Waals surface area contributed by atoms with Gasteiger partial charge in [0.05, 0.1) is 29.0 Å². The molecule has 1 aromatic heterocycles. The van der Waals surface area contributed by atoms with Crippen molar-refractivity contribution in [2.75, 3.05) is 12.4 Å². The minimum atomic E-state index is -0.589. The minimum absolute atomic E-state index is 0.184. The van der Waals surface area contributed by atoms with Crippen LogP contribution in [0.15, 0.2) is 106 Å². The molecule has 4 aromatic rings. The van der Waals surface area contributed by atoms with Crippen molar-refractivity contribution in [2.24, 2.45) is 4.99 Å². The molecule has 35 heavy (non-hydrogen) atoms. The van der Waals surface area contributed by atoms with Crippen LogP contribution in [0.2, 0.25) is 0 Å². The molecular weight excluding hydrogens is 458 g/mol. The third-order valence-corrected chi connectivity index (χ3v) is 6.81. The number of allylic oxidation sites excluding steroid dienone is 1. The summed E-state index contributed by atoms with van der Waals surface area (Å²) in [7, 11) is 1.62. The van der Waals surface area contributed by atoms with E-state index in [2.05, 4.69) is 10.3 Å². The summed E-state index contributed by atoms with van der Waals surface area (Å²) in [6.07, 6.45) is 1.84. The fourth-order valence-electron chi connectivity index (χ4n) is 4.13. The normalized spacial score (nSPS) is 15.4. The van der Waals surface area contributed by atoms with Crippen LogP contribution in [0.5, 0.6) is 5.75 Å². The number of methoxy groups -OCH3 is 1. The van der Waals surface area contributed by atoms with Crippen LogP contribution in [0, 0.1) is 0 Å². The molecule has 0 bridgehead atoms. The highest BCUT2D eigenvalue weighted by atomic mass is 32.1. The average Bonchev–Trinajstić information content (AvgIpc) is 3.19. The molecule has 5 rings (SSSR count). The standard InChI is InChI=1S/C28H23N3O3S/c1-18-24(26(32)30-21-11-7-4-8-12-21)25(20-9-5-3-6-10-20)31-27(33)23(35-28(31)29-18)17-19-13-15-22(34-2)16-14-19/h3-17,25H,1-2H3,(H,30,32)/b23-17+/t25-/m0/s1. The van der Waals surface area contributed by atoms with E-state index in [0.717, 1.165) is 16.9 Å². The van der Waals surface area contributed by atoms with Gasteiger partial charge in [0.15, 0.2) is 4.80 Å². The molecule has 0 fully saturated rings. The highest BCUT2D eigenvalue weighted by Gasteiger charge is 2.32. The molecule has 3 aromatic carbocycles. The van der Waals surface area contributed by atoms with Gasteiger partial charge in [0, 0.05) is 5.69 Å². The molecule has 1 aliphatic heterocycles. The Morgan fingerprint density at radius 1 is 1.00 bits per heavy atom. The number of fused-ring (bicyclic) bond motifs is 1. The van der Waals surface area contributed by atoms with Crippen molar-refractivity contribution in [2.45, 2.75) is 13.0 Å². The number of amides is 1. The van der Waals surface area contributed by atoms with Crippen LogP contribution in [0.4, 0.5) is 5.69 Å². The van der Waals surface area contributed by atoms with Crippen molar-refractivity contribution in [1.82, 2.24) is 4.57 Å². The van der Waals surface area contributed by atoms with Gasteiger partial charge in [-0.25, -0.2) is 4.99 Å². The maximum Gasteiger partial charge on any atom is 0.271 e. The zero-order chi connectivity index (χ0) is 24.4. The first-order valence-corrected chi connectivity index (χ1v) is 11.9. The molecule has 2 heterocycles.